The number of phenols is 2. The van der Waals surface area contributed by atoms with Crippen LogP contribution in [0.5, 0.6) is 11.5 Å². The molecule has 0 spiro atoms. The van der Waals surface area contributed by atoms with E-state index < -0.39 is 0 Å². The Labute approximate surface area is 98.7 Å². The van der Waals surface area contributed by atoms with Gasteiger partial charge in [0, 0.05) is 5.56 Å². The van der Waals surface area contributed by atoms with E-state index in [0.29, 0.717) is 11.3 Å². The molecule has 0 aliphatic carbocycles. The highest BCUT2D eigenvalue weighted by atomic mass is 35.5. The SMILES string of the molecule is C/C(=N\N=C(N)N)c1ccc(O)c(O)c1.Cl. The Morgan fingerprint density at radius 3 is 2.25 bits per heavy atom. The summed E-state index contributed by atoms with van der Waals surface area (Å²) in [7, 11) is 0. The lowest BCUT2D eigenvalue weighted by atomic mass is 10.1. The van der Waals surface area contributed by atoms with Gasteiger partial charge in [-0.15, -0.1) is 17.5 Å². The summed E-state index contributed by atoms with van der Waals surface area (Å²) in [5, 5.41) is 25.5. The molecular formula is C9H13ClN4O2. The van der Waals surface area contributed by atoms with Crippen LogP contribution < -0.4 is 11.5 Å². The van der Waals surface area contributed by atoms with E-state index in [-0.39, 0.29) is 29.9 Å². The fourth-order valence-corrected chi connectivity index (χ4v) is 0.939. The van der Waals surface area contributed by atoms with E-state index in [1.807, 2.05) is 0 Å². The van der Waals surface area contributed by atoms with E-state index >= 15 is 0 Å². The number of hydrogen-bond acceptors (Lipinski definition) is 4. The third kappa shape index (κ3) is 3.66. The van der Waals surface area contributed by atoms with Crippen molar-refractivity contribution in [3.05, 3.63) is 23.8 Å². The molecule has 6 N–H and O–H groups in total. The van der Waals surface area contributed by atoms with Gasteiger partial charge >= 0.3 is 0 Å². The van der Waals surface area contributed by atoms with E-state index in [1.165, 1.54) is 12.1 Å². The Kier molecular flexibility index (Phi) is 5.11. The van der Waals surface area contributed by atoms with Crippen LogP contribution in [0, 0.1) is 0 Å². The summed E-state index contributed by atoms with van der Waals surface area (Å²) in [6, 6.07) is 4.33. The molecule has 1 rings (SSSR count). The predicted octanol–water partition coefficient (Wildman–Crippen LogP) is 0.517. The van der Waals surface area contributed by atoms with Crippen LogP contribution in [0.15, 0.2) is 28.4 Å². The lowest BCUT2D eigenvalue weighted by molar-refractivity contribution is 0.403. The van der Waals surface area contributed by atoms with Crippen LogP contribution >= 0.6 is 12.4 Å². The van der Waals surface area contributed by atoms with Crippen molar-refractivity contribution >= 4 is 24.1 Å². The van der Waals surface area contributed by atoms with E-state index in [4.69, 9.17) is 16.6 Å². The van der Waals surface area contributed by atoms with Gasteiger partial charge in [0.15, 0.2) is 11.5 Å². The van der Waals surface area contributed by atoms with Gasteiger partial charge in [0.25, 0.3) is 0 Å². The van der Waals surface area contributed by atoms with Crippen molar-refractivity contribution in [1.29, 1.82) is 0 Å². The Balaban J connectivity index is 0.00000225. The van der Waals surface area contributed by atoms with Gasteiger partial charge in [-0.3, -0.25) is 0 Å². The summed E-state index contributed by atoms with van der Waals surface area (Å²) < 4.78 is 0. The van der Waals surface area contributed by atoms with E-state index in [2.05, 4.69) is 10.2 Å². The van der Waals surface area contributed by atoms with Crippen molar-refractivity contribution in [2.24, 2.45) is 21.7 Å². The largest absolute Gasteiger partial charge is 0.504 e. The second-order valence-electron chi connectivity index (χ2n) is 2.91. The number of rotatable bonds is 2. The van der Waals surface area contributed by atoms with Gasteiger partial charge in [0.1, 0.15) is 0 Å². The Bertz CT molecular complexity index is 428. The molecule has 16 heavy (non-hydrogen) atoms. The lowest BCUT2D eigenvalue weighted by Crippen LogP contribution is -2.22. The van der Waals surface area contributed by atoms with Crippen LogP contribution in [-0.2, 0) is 0 Å². The summed E-state index contributed by atoms with van der Waals surface area (Å²) >= 11 is 0. The fraction of sp³-hybridized carbons (Fsp3) is 0.111. The third-order valence-corrected chi connectivity index (χ3v) is 1.71. The van der Waals surface area contributed by atoms with Crippen LogP contribution in [0.3, 0.4) is 0 Å². The molecule has 0 bridgehead atoms. The molecule has 0 saturated heterocycles. The van der Waals surface area contributed by atoms with Crippen molar-refractivity contribution in [3.63, 3.8) is 0 Å². The molecule has 0 fully saturated rings. The van der Waals surface area contributed by atoms with Crippen molar-refractivity contribution in [2.45, 2.75) is 6.92 Å². The summed E-state index contributed by atoms with van der Waals surface area (Å²) in [6.45, 7) is 1.68. The van der Waals surface area contributed by atoms with E-state index in [0.717, 1.165) is 0 Å². The van der Waals surface area contributed by atoms with E-state index in [9.17, 15) is 5.11 Å². The van der Waals surface area contributed by atoms with Gasteiger partial charge in [-0.2, -0.15) is 5.10 Å². The highest BCUT2D eigenvalue weighted by Gasteiger charge is 2.02. The maximum Gasteiger partial charge on any atom is 0.211 e. The summed E-state index contributed by atoms with van der Waals surface area (Å²) in [4.78, 5) is 0. The summed E-state index contributed by atoms with van der Waals surface area (Å²) in [5.74, 6) is -0.544. The number of nitrogens with two attached hydrogens (primary N) is 2. The standard InChI is InChI=1S/C9H12N4O2.ClH/c1-5(12-13-9(10)11)6-2-3-7(14)8(15)4-6;/h2-4,14-15H,1H3,(H4,10,11,13);1H/b12-5+;. The van der Waals surface area contributed by atoms with Gasteiger partial charge in [0.2, 0.25) is 5.96 Å². The van der Waals surface area contributed by atoms with Crippen molar-refractivity contribution in [2.75, 3.05) is 0 Å². The normalized spacial score (nSPS) is 10.4. The first-order valence-electron chi connectivity index (χ1n) is 4.16. The minimum Gasteiger partial charge on any atom is -0.504 e. The minimum absolute atomic E-state index is 0. The highest BCUT2D eigenvalue weighted by molar-refractivity contribution is 5.99. The molecule has 0 atom stereocenters. The molecule has 6 nitrogen and oxygen atoms in total. The zero-order valence-corrected chi connectivity index (χ0v) is 9.40. The molecular weight excluding hydrogens is 232 g/mol. The molecule has 0 aliphatic rings. The van der Waals surface area contributed by atoms with Crippen molar-refractivity contribution < 1.29 is 10.2 Å². The Morgan fingerprint density at radius 1 is 1.12 bits per heavy atom. The number of nitrogens with zero attached hydrogens (tertiary/aromatic N) is 2. The quantitative estimate of drug-likeness (QED) is 0.262. The van der Waals surface area contributed by atoms with Crippen LogP contribution in [-0.4, -0.2) is 21.9 Å². The minimum atomic E-state index is -0.216. The first-order valence-corrected chi connectivity index (χ1v) is 4.16. The molecule has 0 heterocycles. The van der Waals surface area contributed by atoms with Crippen LogP contribution in [0.25, 0.3) is 0 Å². The molecule has 0 amide bonds. The molecule has 0 saturated carbocycles. The zero-order chi connectivity index (χ0) is 11.4. The average molecular weight is 245 g/mol. The molecule has 0 aromatic heterocycles. The number of guanidine groups is 1. The molecule has 0 unspecified atom stereocenters. The Morgan fingerprint density at radius 2 is 1.75 bits per heavy atom. The molecule has 1 aromatic rings. The van der Waals surface area contributed by atoms with Crippen LogP contribution in [0.4, 0.5) is 0 Å². The molecule has 88 valence electrons. The number of phenolic OH excluding ortho intramolecular Hbond substituents is 2. The van der Waals surface area contributed by atoms with Crippen LogP contribution in [0.2, 0.25) is 0 Å². The van der Waals surface area contributed by atoms with Crippen molar-refractivity contribution in [1.82, 2.24) is 0 Å². The number of benzene rings is 1. The number of aromatic hydroxyl groups is 2. The lowest BCUT2D eigenvalue weighted by Gasteiger charge is -2.01. The molecule has 7 heteroatoms. The molecule has 0 aliphatic heterocycles. The monoisotopic (exact) mass is 244 g/mol. The zero-order valence-electron chi connectivity index (χ0n) is 8.58. The molecule has 1 aromatic carbocycles. The van der Waals surface area contributed by atoms with Gasteiger partial charge < -0.3 is 21.7 Å². The maximum atomic E-state index is 9.24. The topological polar surface area (TPSA) is 117 Å². The van der Waals surface area contributed by atoms with Gasteiger partial charge in [-0.05, 0) is 25.1 Å². The second-order valence-corrected chi connectivity index (χ2v) is 2.91. The van der Waals surface area contributed by atoms with Gasteiger partial charge in [-0.1, -0.05) is 0 Å². The molecule has 0 radical (unpaired) electrons. The fourth-order valence-electron chi connectivity index (χ4n) is 0.939. The summed E-state index contributed by atoms with van der Waals surface area (Å²) in [5.41, 5.74) is 11.4. The number of halogens is 1. The first-order chi connectivity index (χ1) is 7.00. The summed E-state index contributed by atoms with van der Waals surface area (Å²) in [6.07, 6.45) is 0. The highest BCUT2D eigenvalue weighted by Crippen LogP contribution is 2.25. The first kappa shape index (κ1) is 14.1. The maximum absolute atomic E-state index is 9.24. The Hall–Kier alpha value is -1.95. The van der Waals surface area contributed by atoms with Crippen molar-refractivity contribution in [3.8, 4) is 11.5 Å². The van der Waals surface area contributed by atoms with Gasteiger partial charge in [0.05, 0.1) is 5.71 Å². The third-order valence-electron chi connectivity index (χ3n) is 1.71. The van der Waals surface area contributed by atoms with Crippen LogP contribution in [0.1, 0.15) is 12.5 Å². The number of hydrogen-bond donors (Lipinski definition) is 4. The average Bonchev–Trinajstić information content (AvgIpc) is 2.18. The predicted molar refractivity (Wildman–Crippen MR) is 65.0 cm³/mol. The van der Waals surface area contributed by atoms with Gasteiger partial charge in [-0.25, -0.2) is 0 Å². The second kappa shape index (κ2) is 5.82. The smallest absolute Gasteiger partial charge is 0.211 e. The van der Waals surface area contributed by atoms with E-state index in [1.54, 1.807) is 13.0 Å².